The van der Waals surface area contributed by atoms with Crippen molar-refractivity contribution in [2.45, 2.75) is 40.0 Å². The molecule has 82 valence electrons. The molecule has 0 aromatic carbocycles. The number of carbonyl (C=O) groups excluding carboxylic acids is 1. The molecular formula is C13H18O2. The van der Waals surface area contributed by atoms with Crippen LogP contribution in [0.5, 0.6) is 0 Å². The molecule has 0 unspecified atom stereocenters. The number of ether oxygens (including phenoxy) is 1. The minimum Gasteiger partial charge on any atom is -0.486 e. The molecule has 1 saturated heterocycles. The van der Waals surface area contributed by atoms with Crippen molar-refractivity contribution in [3.63, 3.8) is 0 Å². The zero-order valence-electron chi connectivity index (χ0n) is 9.72. The van der Waals surface area contributed by atoms with Crippen LogP contribution in [-0.4, -0.2) is 12.4 Å². The molecule has 0 aromatic heterocycles. The zero-order valence-corrected chi connectivity index (χ0v) is 9.72. The lowest BCUT2D eigenvalue weighted by molar-refractivity contribution is -0.112. The van der Waals surface area contributed by atoms with Gasteiger partial charge in [-0.3, -0.25) is 4.79 Å². The molecule has 0 amide bonds. The van der Waals surface area contributed by atoms with Gasteiger partial charge in [0.25, 0.3) is 0 Å². The second kappa shape index (κ2) is 3.51. The van der Waals surface area contributed by atoms with E-state index in [9.17, 15) is 4.79 Å². The Kier molecular flexibility index (Phi) is 2.45. The number of hydrogen-bond acceptors (Lipinski definition) is 2. The van der Waals surface area contributed by atoms with Crippen LogP contribution >= 0.6 is 0 Å². The molecule has 1 heterocycles. The summed E-state index contributed by atoms with van der Waals surface area (Å²) in [4.78, 5) is 12.1. The molecule has 1 aliphatic carbocycles. The van der Waals surface area contributed by atoms with Gasteiger partial charge in [0, 0.05) is 11.6 Å². The molecule has 2 heteroatoms. The van der Waals surface area contributed by atoms with E-state index in [1.54, 1.807) is 6.08 Å². The van der Waals surface area contributed by atoms with Gasteiger partial charge in [0.1, 0.15) is 12.4 Å². The van der Waals surface area contributed by atoms with E-state index in [0.29, 0.717) is 6.61 Å². The van der Waals surface area contributed by atoms with Gasteiger partial charge in [0.2, 0.25) is 0 Å². The number of rotatable bonds is 2. The summed E-state index contributed by atoms with van der Waals surface area (Å²) in [6.07, 6.45) is 5.03. The van der Waals surface area contributed by atoms with Crippen molar-refractivity contribution in [3.8, 4) is 0 Å². The van der Waals surface area contributed by atoms with E-state index in [0.717, 1.165) is 24.2 Å². The predicted molar refractivity (Wildman–Crippen MR) is 59.4 cm³/mol. The minimum atomic E-state index is 0.0331. The highest BCUT2D eigenvalue weighted by Crippen LogP contribution is 2.40. The van der Waals surface area contributed by atoms with E-state index in [1.165, 1.54) is 12.0 Å². The van der Waals surface area contributed by atoms with Crippen LogP contribution in [0, 0.1) is 5.41 Å². The molecule has 0 N–H and O–H groups in total. The van der Waals surface area contributed by atoms with Crippen LogP contribution in [-0.2, 0) is 9.53 Å². The van der Waals surface area contributed by atoms with Gasteiger partial charge in [-0.25, -0.2) is 0 Å². The number of ketones is 1. The van der Waals surface area contributed by atoms with Crippen LogP contribution in [0.2, 0.25) is 0 Å². The monoisotopic (exact) mass is 206 g/mol. The maximum absolute atomic E-state index is 12.1. The Morgan fingerprint density at radius 2 is 2.13 bits per heavy atom. The fraction of sp³-hybridized carbons (Fsp3) is 0.615. The zero-order chi connectivity index (χ0) is 11.1. The van der Waals surface area contributed by atoms with Crippen molar-refractivity contribution in [2.24, 2.45) is 5.41 Å². The summed E-state index contributed by atoms with van der Waals surface area (Å²) in [7, 11) is 0. The van der Waals surface area contributed by atoms with Gasteiger partial charge in [0.15, 0.2) is 5.78 Å². The Morgan fingerprint density at radius 3 is 2.67 bits per heavy atom. The summed E-state index contributed by atoms with van der Waals surface area (Å²) in [6, 6.07) is 0. The van der Waals surface area contributed by atoms with Crippen LogP contribution in [0.4, 0.5) is 0 Å². The van der Waals surface area contributed by atoms with Gasteiger partial charge in [0.05, 0.1) is 0 Å². The van der Waals surface area contributed by atoms with Crippen molar-refractivity contribution < 1.29 is 9.53 Å². The van der Waals surface area contributed by atoms with Crippen molar-refractivity contribution in [1.82, 2.24) is 0 Å². The fourth-order valence-corrected chi connectivity index (χ4v) is 2.51. The SMILES string of the molecule is CC1=C(C(=O)/C=C2/CO2)C(C)(C)CCC1. The standard InChI is InChI=1S/C13H18O2/c1-9-5-4-6-13(2,3)12(9)11(14)7-10-8-15-10/h7H,4-6,8H2,1-3H3/b10-7-. The predicted octanol–water partition coefficient (Wildman–Crippen LogP) is 3.00. The maximum Gasteiger partial charge on any atom is 0.185 e. The van der Waals surface area contributed by atoms with Crippen LogP contribution in [0.25, 0.3) is 0 Å². The van der Waals surface area contributed by atoms with Crippen molar-refractivity contribution in [1.29, 1.82) is 0 Å². The van der Waals surface area contributed by atoms with E-state index in [4.69, 9.17) is 4.74 Å². The Hall–Kier alpha value is -1.05. The van der Waals surface area contributed by atoms with Crippen molar-refractivity contribution >= 4 is 5.78 Å². The number of hydrogen-bond donors (Lipinski definition) is 0. The van der Waals surface area contributed by atoms with Crippen LogP contribution < -0.4 is 0 Å². The smallest absolute Gasteiger partial charge is 0.185 e. The molecule has 0 aromatic rings. The molecule has 0 atom stereocenters. The highest BCUT2D eigenvalue weighted by atomic mass is 16.6. The molecule has 2 rings (SSSR count). The highest BCUT2D eigenvalue weighted by Gasteiger charge is 2.32. The summed E-state index contributed by atoms with van der Waals surface area (Å²) in [5.74, 6) is 0.992. The Bertz CT molecular complexity index is 353. The summed E-state index contributed by atoms with van der Waals surface area (Å²) >= 11 is 0. The van der Waals surface area contributed by atoms with E-state index in [1.807, 2.05) is 0 Å². The average Bonchev–Trinajstić information content (AvgIpc) is 2.85. The van der Waals surface area contributed by atoms with Crippen LogP contribution in [0.3, 0.4) is 0 Å². The number of epoxide rings is 1. The third-order valence-corrected chi connectivity index (χ3v) is 3.31. The van der Waals surface area contributed by atoms with Gasteiger partial charge >= 0.3 is 0 Å². The minimum absolute atomic E-state index is 0.0331. The third kappa shape index (κ3) is 2.14. The fourth-order valence-electron chi connectivity index (χ4n) is 2.51. The normalized spacial score (nSPS) is 26.5. The Balaban J connectivity index is 2.30. The largest absolute Gasteiger partial charge is 0.486 e. The summed E-state index contributed by atoms with van der Waals surface area (Å²) in [6.45, 7) is 7.04. The van der Waals surface area contributed by atoms with E-state index >= 15 is 0 Å². The molecule has 2 nitrogen and oxygen atoms in total. The molecule has 0 radical (unpaired) electrons. The second-order valence-electron chi connectivity index (χ2n) is 5.16. The maximum atomic E-state index is 12.1. The summed E-state index contributed by atoms with van der Waals surface area (Å²) < 4.78 is 4.99. The molecule has 2 aliphatic rings. The number of carbonyl (C=O) groups is 1. The first-order chi connectivity index (χ1) is 7.00. The van der Waals surface area contributed by atoms with Crippen LogP contribution in [0.15, 0.2) is 23.0 Å². The van der Waals surface area contributed by atoms with E-state index < -0.39 is 0 Å². The van der Waals surface area contributed by atoms with E-state index in [-0.39, 0.29) is 11.2 Å². The molecule has 15 heavy (non-hydrogen) atoms. The van der Waals surface area contributed by atoms with Gasteiger partial charge < -0.3 is 4.74 Å². The lowest BCUT2D eigenvalue weighted by Crippen LogP contribution is -2.25. The third-order valence-electron chi connectivity index (χ3n) is 3.31. The first-order valence-electron chi connectivity index (χ1n) is 5.58. The summed E-state index contributed by atoms with van der Waals surface area (Å²) in [5.41, 5.74) is 2.30. The number of allylic oxidation sites excluding steroid dienone is 3. The van der Waals surface area contributed by atoms with Crippen LogP contribution in [0.1, 0.15) is 40.0 Å². The Morgan fingerprint density at radius 1 is 1.47 bits per heavy atom. The molecule has 0 spiro atoms. The lowest BCUT2D eigenvalue weighted by Gasteiger charge is -2.32. The molecular weight excluding hydrogens is 188 g/mol. The summed E-state index contributed by atoms with van der Waals surface area (Å²) in [5, 5.41) is 0. The topological polar surface area (TPSA) is 29.6 Å². The molecule has 1 aliphatic heterocycles. The lowest BCUT2D eigenvalue weighted by atomic mass is 9.71. The molecule has 0 bridgehead atoms. The van der Waals surface area contributed by atoms with Gasteiger partial charge in [-0.2, -0.15) is 0 Å². The molecule has 1 fully saturated rings. The average molecular weight is 206 g/mol. The van der Waals surface area contributed by atoms with Gasteiger partial charge in [-0.15, -0.1) is 0 Å². The van der Waals surface area contributed by atoms with Gasteiger partial charge in [-0.1, -0.05) is 19.4 Å². The highest BCUT2D eigenvalue weighted by molar-refractivity contribution is 6.06. The first-order valence-corrected chi connectivity index (χ1v) is 5.58. The quantitative estimate of drug-likeness (QED) is 0.513. The van der Waals surface area contributed by atoms with Crippen molar-refractivity contribution in [2.75, 3.05) is 6.61 Å². The van der Waals surface area contributed by atoms with Gasteiger partial charge in [-0.05, 0) is 31.6 Å². The second-order valence-corrected chi connectivity index (χ2v) is 5.16. The van der Waals surface area contributed by atoms with Crippen molar-refractivity contribution in [3.05, 3.63) is 23.0 Å². The molecule has 0 saturated carbocycles. The van der Waals surface area contributed by atoms with E-state index in [2.05, 4.69) is 20.8 Å². The first kappa shape index (κ1) is 10.5. The Labute approximate surface area is 91.0 Å².